The molecule has 3 rings (SSSR count). The molecule has 1 aliphatic rings. The molecule has 4 nitrogen and oxygen atoms in total. The van der Waals surface area contributed by atoms with Crippen molar-refractivity contribution in [1.82, 2.24) is 0 Å². The summed E-state index contributed by atoms with van der Waals surface area (Å²) in [6.07, 6.45) is -0.366. The summed E-state index contributed by atoms with van der Waals surface area (Å²) in [5.74, 6) is -1.39. The van der Waals surface area contributed by atoms with Crippen molar-refractivity contribution in [2.45, 2.75) is 18.8 Å². The Labute approximate surface area is 150 Å². The molecule has 2 atom stereocenters. The summed E-state index contributed by atoms with van der Waals surface area (Å²) < 4.78 is 17.0. The first-order valence-electron chi connectivity index (χ1n) is 7.47. The number of benzene rings is 2. The number of carbonyl (C=O) groups excluding carboxylic acids is 1. The number of hydrogen-bond acceptors (Lipinski definition) is 4. The minimum atomic E-state index is -0.995. The monoisotopic (exact) mass is 366 g/mol. The van der Waals surface area contributed by atoms with Crippen LogP contribution in [0.3, 0.4) is 0 Å². The van der Waals surface area contributed by atoms with E-state index in [2.05, 4.69) is 0 Å². The first-order valence-corrected chi connectivity index (χ1v) is 8.23. The van der Waals surface area contributed by atoms with Crippen molar-refractivity contribution in [3.05, 3.63) is 69.7 Å². The quantitative estimate of drug-likeness (QED) is 0.750. The fourth-order valence-corrected chi connectivity index (χ4v) is 3.13. The molecular formula is C18H16Cl2O4. The maximum Gasteiger partial charge on any atom is 0.338 e. The van der Waals surface area contributed by atoms with Gasteiger partial charge < -0.3 is 14.2 Å². The maximum absolute atomic E-state index is 12.0. The van der Waals surface area contributed by atoms with E-state index in [-0.39, 0.29) is 12.7 Å². The second-order valence-electron chi connectivity index (χ2n) is 5.59. The van der Waals surface area contributed by atoms with Gasteiger partial charge in [0.1, 0.15) is 12.7 Å². The molecule has 0 aromatic heterocycles. The third-order valence-corrected chi connectivity index (χ3v) is 4.31. The lowest BCUT2D eigenvalue weighted by Gasteiger charge is -2.25. The molecule has 0 N–H and O–H groups in total. The summed E-state index contributed by atoms with van der Waals surface area (Å²) >= 11 is 12.1. The van der Waals surface area contributed by atoms with E-state index in [9.17, 15) is 4.79 Å². The molecule has 1 aliphatic heterocycles. The highest BCUT2D eigenvalue weighted by molar-refractivity contribution is 6.35. The molecule has 0 saturated carbocycles. The molecule has 1 heterocycles. The van der Waals surface area contributed by atoms with Crippen LogP contribution in [-0.2, 0) is 20.0 Å². The molecule has 2 unspecified atom stereocenters. The van der Waals surface area contributed by atoms with Crippen molar-refractivity contribution < 1.29 is 19.0 Å². The van der Waals surface area contributed by atoms with Crippen molar-refractivity contribution in [2.24, 2.45) is 0 Å². The third kappa shape index (κ3) is 3.73. The summed E-state index contributed by atoms with van der Waals surface area (Å²) in [6, 6.07) is 13.9. The van der Waals surface area contributed by atoms with E-state index in [1.54, 1.807) is 49.4 Å². The Morgan fingerprint density at radius 2 is 2.00 bits per heavy atom. The molecule has 0 aliphatic carbocycles. The Bertz CT molecular complexity index is 735. The van der Waals surface area contributed by atoms with E-state index in [4.69, 9.17) is 37.4 Å². The predicted molar refractivity (Wildman–Crippen MR) is 91.4 cm³/mol. The van der Waals surface area contributed by atoms with E-state index in [1.165, 1.54) is 0 Å². The van der Waals surface area contributed by atoms with Crippen LogP contribution >= 0.6 is 23.2 Å². The standard InChI is InChI=1S/C18H16Cl2O4/c1-18(15-8-7-13(19)9-16(15)20)23-11-14(24-18)10-22-17(21)12-5-3-2-4-6-12/h2-9,14H,10-11H2,1H3. The van der Waals surface area contributed by atoms with Crippen LogP contribution in [0.15, 0.2) is 48.5 Å². The van der Waals surface area contributed by atoms with Gasteiger partial charge in [0.25, 0.3) is 0 Å². The Morgan fingerprint density at radius 1 is 1.25 bits per heavy atom. The number of ether oxygens (including phenoxy) is 3. The lowest BCUT2D eigenvalue weighted by Crippen LogP contribution is -2.26. The van der Waals surface area contributed by atoms with Crippen molar-refractivity contribution in [1.29, 1.82) is 0 Å². The average molecular weight is 367 g/mol. The predicted octanol–water partition coefficient (Wildman–Crippen LogP) is 4.44. The van der Waals surface area contributed by atoms with Gasteiger partial charge >= 0.3 is 5.97 Å². The third-order valence-electron chi connectivity index (χ3n) is 3.77. The van der Waals surface area contributed by atoms with Gasteiger partial charge in [0.05, 0.1) is 17.2 Å². The van der Waals surface area contributed by atoms with Gasteiger partial charge in [-0.25, -0.2) is 4.79 Å². The number of hydrogen-bond donors (Lipinski definition) is 0. The van der Waals surface area contributed by atoms with Gasteiger partial charge in [0.15, 0.2) is 5.79 Å². The first-order chi connectivity index (χ1) is 11.5. The van der Waals surface area contributed by atoms with Crippen molar-refractivity contribution in [3.8, 4) is 0 Å². The largest absolute Gasteiger partial charge is 0.459 e. The van der Waals surface area contributed by atoms with Crippen LogP contribution < -0.4 is 0 Å². The molecule has 24 heavy (non-hydrogen) atoms. The molecule has 1 saturated heterocycles. The van der Waals surface area contributed by atoms with Gasteiger partial charge in [-0.3, -0.25) is 0 Å². The van der Waals surface area contributed by atoms with Gasteiger partial charge in [-0.05, 0) is 31.2 Å². The topological polar surface area (TPSA) is 44.8 Å². The number of carbonyl (C=O) groups is 1. The fraction of sp³-hybridized carbons (Fsp3) is 0.278. The smallest absolute Gasteiger partial charge is 0.338 e. The van der Waals surface area contributed by atoms with Crippen LogP contribution in [-0.4, -0.2) is 25.3 Å². The highest BCUT2D eigenvalue weighted by atomic mass is 35.5. The summed E-state index contributed by atoms with van der Waals surface area (Å²) in [4.78, 5) is 12.0. The Balaban J connectivity index is 1.62. The summed E-state index contributed by atoms with van der Waals surface area (Å²) in [5, 5.41) is 1.01. The van der Waals surface area contributed by atoms with E-state index >= 15 is 0 Å². The zero-order valence-electron chi connectivity index (χ0n) is 13.0. The van der Waals surface area contributed by atoms with Crippen LogP contribution in [0.5, 0.6) is 0 Å². The molecule has 0 spiro atoms. The highest BCUT2D eigenvalue weighted by Crippen LogP contribution is 2.38. The van der Waals surface area contributed by atoms with E-state index in [1.807, 2.05) is 6.07 Å². The second-order valence-corrected chi connectivity index (χ2v) is 6.43. The lowest BCUT2D eigenvalue weighted by molar-refractivity contribution is -0.165. The lowest BCUT2D eigenvalue weighted by atomic mass is 10.1. The fourth-order valence-electron chi connectivity index (χ4n) is 2.55. The van der Waals surface area contributed by atoms with Crippen molar-refractivity contribution in [2.75, 3.05) is 13.2 Å². The number of rotatable bonds is 4. The van der Waals surface area contributed by atoms with Crippen LogP contribution in [0.2, 0.25) is 10.0 Å². The molecule has 0 radical (unpaired) electrons. The Hall–Kier alpha value is -1.59. The van der Waals surface area contributed by atoms with Crippen LogP contribution in [0.4, 0.5) is 0 Å². The van der Waals surface area contributed by atoms with Crippen LogP contribution in [0, 0.1) is 0 Å². The summed E-state index contributed by atoms with van der Waals surface area (Å²) in [7, 11) is 0. The van der Waals surface area contributed by atoms with Gasteiger partial charge in [0, 0.05) is 10.6 Å². The van der Waals surface area contributed by atoms with E-state index < -0.39 is 11.8 Å². The number of halogens is 2. The SMILES string of the molecule is CC1(c2ccc(Cl)cc2Cl)OCC(COC(=O)c2ccccc2)O1. The molecule has 2 aromatic carbocycles. The Morgan fingerprint density at radius 3 is 2.71 bits per heavy atom. The molecular weight excluding hydrogens is 351 g/mol. The van der Waals surface area contributed by atoms with Gasteiger partial charge in [-0.15, -0.1) is 0 Å². The van der Waals surface area contributed by atoms with Gasteiger partial charge in [0.2, 0.25) is 0 Å². The van der Waals surface area contributed by atoms with E-state index in [0.29, 0.717) is 27.8 Å². The molecule has 0 bridgehead atoms. The summed E-state index contributed by atoms with van der Waals surface area (Å²) in [6.45, 7) is 2.19. The average Bonchev–Trinajstić information content (AvgIpc) is 2.95. The maximum atomic E-state index is 12.0. The molecule has 0 amide bonds. The molecule has 2 aromatic rings. The second kappa shape index (κ2) is 7.11. The molecule has 1 fully saturated rings. The normalized spacial score (nSPS) is 23.2. The van der Waals surface area contributed by atoms with Crippen molar-refractivity contribution in [3.63, 3.8) is 0 Å². The number of esters is 1. The minimum absolute atomic E-state index is 0.106. The molecule has 126 valence electrons. The Kier molecular flexibility index (Phi) is 5.11. The summed E-state index contributed by atoms with van der Waals surface area (Å²) in [5.41, 5.74) is 1.19. The van der Waals surface area contributed by atoms with Gasteiger partial charge in [-0.2, -0.15) is 0 Å². The minimum Gasteiger partial charge on any atom is -0.459 e. The van der Waals surface area contributed by atoms with Crippen LogP contribution in [0.25, 0.3) is 0 Å². The van der Waals surface area contributed by atoms with Crippen molar-refractivity contribution >= 4 is 29.2 Å². The van der Waals surface area contributed by atoms with Gasteiger partial charge in [-0.1, -0.05) is 47.5 Å². The van der Waals surface area contributed by atoms with E-state index in [0.717, 1.165) is 0 Å². The first kappa shape index (κ1) is 17.2. The zero-order chi connectivity index (χ0) is 17.2. The highest BCUT2D eigenvalue weighted by Gasteiger charge is 2.40. The molecule has 6 heteroatoms. The zero-order valence-corrected chi connectivity index (χ0v) is 14.5. The van der Waals surface area contributed by atoms with Crippen LogP contribution in [0.1, 0.15) is 22.8 Å².